The van der Waals surface area contributed by atoms with E-state index < -0.39 is 40.1 Å². The molecule has 3 aromatic carbocycles. The highest BCUT2D eigenvalue weighted by atomic mass is 32.2. The van der Waals surface area contributed by atoms with Gasteiger partial charge < -0.3 is 33.2 Å². The Bertz CT molecular complexity index is 1950. The van der Waals surface area contributed by atoms with E-state index in [1.165, 1.54) is 16.4 Å². The van der Waals surface area contributed by atoms with Crippen molar-refractivity contribution < 1.29 is 46.4 Å². The van der Waals surface area contributed by atoms with Crippen molar-refractivity contribution in [1.82, 2.24) is 9.21 Å². The lowest BCUT2D eigenvalue weighted by Crippen LogP contribution is -2.51. The quantitative estimate of drug-likeness (QED) is 0.233. The molecular weight excluding hydrogens is 703 g/mol. The van der Waals surface area contributed by atoms with Crippen LogP contribution in [0.15, 0.2) is 71.6 Å². The number of nitriles is 1. The number of nitrogens with zero attached hydrogens (tertiary/aromatic N) is 3. The lowest BCUT2D eigenvalue weighted by atomic mass is 9.99. The summed E-state index contributed by atoms with van der Waals surface area (Å²) in [6.07, 6.45) is -1.05. The first-order valence-electron chi connectivity index (χ1n) is 17.9. The van der Waals surface area contributed by atoms with Gasteiger partial charge in [-0.1, -0.05) is 38.1 Å². The molecule has 3 saturated heterocycles. The minimum absolute atomic E-state index is 0.00780. The zero-order chi connectivity index (χ0) is 37.3. The van der Waals surface area contributed by atoms with Crippen LogP contribution in [0.25, 0.3) is 0 Å². The van der Waals surface area contributed by atoms with Crippen molar-refractivity contribution >= 4 is 16.1 Å². The van der Waals surface area contributed by atoms with Gasteiger partial charge in [-0.2, -0.15) is 9.57 Å². The van der Waals surface area contributed by atoms with Crippen LogP contribution in [0, 0.1) is 23.2 Å². The van der Waals surface area contributed by atoms with E-state index >= 15 is 0 Å². The molecule has 0 radical (unpaired) electrons. The maximum absolute atomic E-state index is 14.3. The SMILES string of the molecule is CC(C)CN(CC1OC(C)(C)N(C(=O)OC2COC3OCCC23)C1Cc1ccc(OCc2cccc(C#N)c2)cc1)S(=O)(=O)c1ccc2c(c1)OCO2. The molecule has 4 aliphatic heterocycles. The summed E-state index contributed by atoms with van der Waals surface area (Å²) in [5, 5.41) is 9.23. The minimum atomic E-state index is -4.03. The molecule has 4 heterocycles. The highest BCUT2D eigenvalue weighted by Crippen LogP contribution is 2.40. The maximum atomic E-state index is 14.3. The van der Waals surface area contributed by atoms with Crippen LogP contribution in [0.3, 0.4) is 0 Å². The van der Waals surface area contributed by atoms with Crippen molar-refractivity contribution in [2.24, 2.45) is 11.8 Å². The van der Waals surface area contributed by atoms with Crippen molar-refractivity contribution in [3.63, 3.8) is 0 Å². The molecule has 5 atom stereocenters. The summed E-state index contributed by atoms with van der Waals surface area (Å²) in [6.45, 7) is 8.81. The van der Waals surface area contributed by atoms with E-state index in [0.29, 0.717) is 42.4 Å². The molecule has 3 aromatic rings. The number of ether oxygens (including phenoxy) is 7. The van der Waals surface area contributed by atoms with Crippen molar-refractivity contribution in [3.8, 4) is 23.3 Å². The molecular formula is C39H45N3O10S. The minimum Gasteiger partial charge on any atom is -0.489 e. The van der Waals surface area contributed by atoms with Crippen molar-refractivity contribution in [2.75, 3.05) is 33.1 Å². The van der Waals surface area contributed by atoms with Gasteiger partial charge in [0.15, 0.2) is 17.8 Å². The number of rotatable bonds is 12. The maximum Gasteiger partial charge on any atom is 0.412 e. The Morgan fingerprint density at radius 1 is 1.04 bits per heavy atom. The summed E-state index contributed by atoms with van der Waals surface area (Å²) in [6, 6.07) is 21.0. The summed E-state index contributed by atoms with van der Waals surface area (Å²) in [5.74, 6) is 1.44. The highest BCUT2D eigenvalue weighted by Gasteiger charge is 2.53. The van der Waals surface area contributed by atoms with Gasteiger partial charge in [0, 0.05) is 19.2 Å². The summed E-state index contributed by atoms with van der Waals surface area (Å²) >= 11 is 0. The van der Waals surface area contributed by atoms with Gasteiger partial charge in [-0.15, -0.1) is 0 Å². The summed E-state index contributed by atoms with van der Waals surface area (Å²) < 4.78 is 71.1. The second-order valence-electron chi connectivity index (χ2n) is 14.7. The van der Waals surface area contributed by atoms with Crippen molar-refractivity contribution in [1.29, 1.82) is 5.26 Å². The average Bonchev–Trinajstić information content (AvgIpc) is 3.92. The molecule has 282 valence electrons. The van der Waals surface area contributed by atoms with E-state index in [4.69, 9.17) is 33.2 Å². The van der Waals surface area contributed by atoms with Crippen LogP contribution < -0.4 is 14.2 Å². The fraction of sp³-hybridized carbons (Fsp3) is 0.487. The van der Waals surface area contributed by atoms with E-state index in [2.05, 4.69) is 6.07 Å². The molecule has 0 bridgehead atoms. The number of fused-ring (bicyclic) bond motifs is 2. The normalized spacial score (nSPS) is 24.4. The van der Waals surface area contributed by atoms with Crippen molar-refractivity contribution in [2.45, 2.75) is 82.3 Å². The number of hydrogen-bond donors (Lipinski definition) is 0. The molecule has 1 amide bonds. The Kier molecular flexibility index (Phi) is 10.6. The fourth-order valence-electron chi connectivity index (χ4n) is 7.47. The Balaban J connectivity index is 1.15. The van der Waals surface area contributed by atoms with Crippen LogP contribution in [0.4, 0.5) is 4.79 Å². The van der Waals surface area contributed by atoms with Gasteiger partial charge >= 0.3 is 6.09 Å². The molecule has 7 rings (SSSR count). The van der Waals surface area contributed by atoms with Crippen molar-refractivity contribution in [3.05, 3.63) is 83.4 Å². The predicted octanol–water partition coefficient (Wildman–Crippen LogP) is 5.46. The molecule has 14 heteroatoms. The third kappa shape index (κ3) is 7.95. The third-order valence-electron chi connectivity index (χ3n) is 9.98. The second kappa shape index (κ2) is 15.2. The standard InChI is InChI=1S/C39H45N3O10S/c1-25(2)20-41(53(44,45)30-12-13-33-34(18-30)50-24-49-33)21-35-32(17-26-8-10-29(11-9-26)47-22-28-7-5-6-27(16-28)19-40)42(39(3,4)52-35)38(43)51-36-23-48-37-31(36)14-15-46-37/h5-13,16,18,25,31-32,35-37H,14-15,17,20-24H2,1-4H3. The molecule has 0 spiro atoms. The van der Waals surface area contributed by atoms with Gasteiger partial charge in [0.05, 0.1) is 47.8 Å². The predicted molar refractivity (Wildman–Crippen MR) is 190 cm³/mol. The molecule has 0 N–H and O–H groups in total. The highest BCUT2D eigenvalue weighted by molar-refractivity contribution is 7.89. The van der Waals surface area contributed by atoms with Crippen LogP contribution in [-0.4, -0.2) is 87.1 Å². The molecule has 0 saturated carbocycles. The van der Waals surface area contributed by atoms with E-state index in [1.807, 2.05) is 50.2 Å². The molecule has 0 aliphatic carbocycles. The zero-order valence-electron chi connectivity index (χ0n) is 30.3. The van der Waals surface area contributed by atoms with E-state index in [1.54, 1.807) is 36.9 Å². The van der Waals surface area contributed by atoms with E-state index in [-0.39, 0.29) is 49.5 Å². The van der Waals surface area contributed by atoms with Crippen LogP contribution in [0.5, 0.6) is 17.2 Å². The summed E-state index contributed by atoms with van der Waals surface area (Å²) in [7, 11) is -4.03. The first-order valence-corrected chi connectivity index (χ1v) is 19.4. The number of amides is 1. The zero-order valence-corrected chi connectivity index (χ0v) is 31.1. The number of sulfonamides is 1. The number of benzene rings is 3. The summed E-state index contributed by atoms with van der Waals surface area (Å²) in [5.41, 5.74) is 1.19. The lowest BCUT2D eigenvalue weighted by Gasteiger charge is -2.34. The largest absolute Gasteiger partial charge is 0.489 e. The lowest BCUT2D eigenvalue weighted by molar-refractivity contribution is -0.0911. The van der Waals surface area contributed by atoms with Gasteiger partial charge in [0.2, 0.25) is 16.8 Å². The van der Waals surface area contributed by atoms with Gasteiger partial charge in [0.25, 0.3) is 0 Å². The molecule has 3 fully saturated rings. The third-order valence-corrected chi connectivity index (χ3v) is 11.8. The smallest absolute Gasteiger partial charge is 0.412 e. The molecule has 5 unspecified atom stereocenters. The molecule has 0 aromatic heterocycles. The number of hydrogen-bond acceptors (Lipinski definition) is 11. The molecule has 13 nitrogen and oxygen atoms in total. The Morgan fingerprint density at radius 2 is 1.83 bits per heavy atom. The van der Waals surface area contributed by atoms with Crippen LogP contribution in [0.1, 0.15) is 50.8 Å². The first kappa shape index (κ1) is 36.9. The van der Waals surface area contributed by atoms with Crippen LogP contribution in [-0.2, 0) is 42.0 Å². The van der Waals surface area contributed by atoms with E-state index in [0.717, 1.165) is 17.5 Å². The Labute approximate surface area is 310 Å². The second-order valence-corrected chi connectivity index (χ2v) is 16.6. The van der Waals surface area contributed by atoms with Crippen LogP contribution in [0.2, 0.25) is 0 Å². The molecule has 4 aliphatic rings. The van der Waals surface area contributed by atoms with Gasteiger partial charge in [-0.25, -0.2) is 13.2 Å². The van der Waals surface area contributed by atoms with Gasteiger partial charge in [-0.3, -0.25) is 4.90 Å². The van der Waals surface area contributed by atoms with Gasteiger partial charge in [0.1, 0.15) is 24.2 Å². The average molecular weight is 748 g/mol. The molecule has 53 heavy (non-hydrogen) atoms. The fourth-order valence-corrected chi connectivity index (χ4v) is 9.10. The Hall–Kier alpha value is -4.39. The van der Waals surface area contributed by atoms with E-state index in [9.17, 15) is 18.5 Å². The van der Waals surface area contributed by atoms with Crippen LogP contribution >= 0.6 is 0 Å². The number of carbonyl (C=O) groups excluding carboxylic acids is 1. The Morgan fingerprint density at radius 3 is 2.60 bits per heavy atom. The first-order chi connectivity index (χ1) is 25.4. The summed E-state index contributed by atoms with van der Waals surface area (Å²) in [4.78, 5) is 15.9. The number of carbonyl (C=O) groups is 1. The van der Waals surface area contributed by atoms with Gasteiger partial charge in [-0.05, 0) is 80.1 Å². The topological polar surface area (TPSA) is 146 Å². The monoisotopic (exact) mass is 747 g/mol.